The van der Waals surface area contributed by atoms with Crippen LogP contribution in [0.4, 0.5) is 0 Å². The molecule has 0 aromatic carbocycles. The van der Waals surface area contributed by atoms with Crippen LogP contribution < -0.4 is 0 Å². The third kappa shape index (κ3) is 10.3. The maximum Gasteiger partial charge on any atom is 0.0431 e. The first kappa shape index (κ1) is 12.3. The van der Waals surface area contributed by atoms with Crippen LogP contribution in [0.15, 0.2) is 0 Å². The summed E-state index contributed by atoms with van der Waals surface area (Å²) in [7, 11) is 0. The second-order valence-corrected chi connectivity index (χ2v) is 4.76. The third-order valence-corrected chi connectivity index (χ3v) is 3.13. The highest BCUT2D eigenvalue weighted by Crippen LogP contribution is 2.11. The van der Waals surface area contributed by atoms with Gasteiger partial charge in [-0.1, -0.05) is 26.7 Å². The molecule has 0 aliphatic rings. The number of aliphatic hydroxyl groups excluding tert-OH is 1. The van der Waals surface area contributed by atoms with Gasteiger partial charge in [0.1, 0.15) is 0 Å². The Balaban J connectivity index is 2.82. The van der Waals surface area contributed by atoms with Crippen LogP contribution in [0.3, 0.4) is 0 Å². The predicted octanol–water partition coefficient (Wildman–Crippen LogP) is 2.93. The summed E-state index contributed by atoms with van der Waals surface area (Å²) in [4.78, 5) is 0. The zero-order valence-corrected chi connectivity index (χ0v) is 9.20. The van der Waals surface area contributed by atoms with Crippen molar-refractivity contribution in [1.82, 2.24) is 0 Å². The minimum atomic E-state index is 0.360. The van der Waals surface area contributed by atoms with Gasteiger partial charge in [-0.2, -0.15) is 11.8 Å². The molecule has 74 valence electrons. The predicted molar refractivity (Wildman–Crippen MR) is 57.7 cm³/mol. The summed E-state index contributed by atoms with van der Waals surface area (Å²) in [5, 5.41) is 8.54. The maximum absolute atomic E-state index is 8.54. The minimum absolute atomic E-state index is 0.360. The van der Waals surface area contributed by atoms with E-state index in [4.69, 9.17) is 5.11 Å². The van der Waals surface area contributed by atoms with Crippen LogP contribution in [0.2, 0.25) is 0 Å². The van der Waals surface area contributed by atoms with E-state index >= 15 is 0 Å². The molecule has 1 nitrogen and oxygen atoms in total. The topological polar surface area (TPSA) is 20.2 Å². The van der Waals surface area contributed by atoms with Crippen LogP contribution in [0, 0.1) is 5.92 Å². The molecule has 0 aliphatic heterocycles. The zero-order chi connectivity index (χ0) is 9.23. The Hall–Kier alpha value is 0.310. The molecule has 0 unspecified atom stereocenters. The molecule has 0 amide bonds. The zero-order valence-electron chi connectivity index (χ0n) is 8.38. The smallest absolute Gasteiger partial charge is 0.0431 e. The van der Waals surface area contributed by atoms with Gasteiger partial charge in [0.15, 0.2) is 0 Å². The molecule has 0 radical (unpaired) electrons. The van der Waals surface area contributed by atoms with Crippen molar-refractivity contribution in [3.63, 3.8) is 0 Å². The maximum atomic E-state index is 8.54. The van der Waals surface area contributed by atoms with E-state index in [1.165, 1.54) is 30.8 Å². The van der Waals surface area contributed by atoms with Crippen LogP contribution in [-0.2, 0) is 0 Å². The number of rotatable bonds is 8. The van der Waals surface area contributed by atoms with Gasteiger partial charge in [-0.15, -0.1) is 0 Å². The molecular weight excluding hydrogens is 168 g/mol. The van der Waals surface area contributed by atoms with E-state index < -0.39 is 0 Å². The number of thioether (sulfide) groups is 1. The summed E-state index contributed by atoms with van der Waals surface area (Å²) in [6, 6.07) is 0. The van der Waals surface area contributed by atoms with Crippen LogP contribution in [0.5, 0.6) is 0 Å². The van der Waals surface area contributed by atoms with Crippen molar-refractivity contribution in [3.05, 3.63) is 0 Å². The molecular formula is C10H22OS. The summed E-state index contributed by atoms with van der Waals surface area (Å²) in [5.74, 6) is 3.41. The Morgan fingerprint density at radius 1 is 1.08 bits per heavy atom. The first-order chi connectivity index (χ1) is 5.77. The molecule has 0 heterocycles. The number of hydrogen-bond acceptors (Lipinski definition) is 2. The van der Waals surface area contributed by atoms with Gasteiger partial charge in [-0.25, -0.2) is 0 Å². The van der Waals surface area contributed by atoms with Gasteiger partial charge in [0, 0.05) is 6.61 Å². The van der Waals surface area contributed by atoms with Crippen molar-refractivity contribution < 1.29 is 5.11 Å². The summed E-state index contributed by atoms with van der Waals surface area (Å²) < 4.78 is 0. The number of aliphatic hydroxyl groups is 1. The fourth-order valence-corrected chi connectivity index (χ4v) is 2.03. The Morgan fingerprint density at radius 2 is 1.75 bits per heavy atom. The van der Waals surface area contributed by atoms with E-state index in [9.17, 15) is 0 Å². The molecule has 0 atom stereocenters. The average Bonchev–Trinajstić information content (AvgIpc) is 2.02. The normalized spacial score (nSPS) is 11.0. The molecule has 0 saturated heterocycles. The second-order valence-electron chi connectivity index (χ2n) is 3.61. The highest BCUT2D eigenvalue weighted by Gasteiger charge is 1.94. The van der Waals surface area contributed by atoms with Gasteiger partial charge < -0.3 is 5.11 Å². The van der Waals surface area contributed by atoms with Crippen molar-refractivity contribution in [2.75, 3.05) is 18.1 Å². The van der Waals surface area contributed by atoms with E-state index in [1.54, 1.807) is 0 Å². The van der Waals surface area contributed by atoms with Gasteiger partial charge in [0.05, 0.1) is 0 Å². The second kappa shape index (κ2) is 9.40. The molecule has 0 bridgehead atoms. The van der Waals surface area contributed by atoms with Crippen molar-refractivity contribution in [3.8, 4) is 0 Å². The lowest BCUT2D eigenvalue weighted by Crippen LogP contribution is -1.92. The minimum Gasteiger partial charge on any atom is -0.396 e. The standard InChI is InChI=1S/C10H22OS/c1-10(2)9-12-8-6-4-3-5-7-11/h10-11H,3-9H2,1-2H3. The summed E-state index contributed by atoms with van der Waals surface area (Å²) >= 11 is 2.06. The quantitative estimate of drug-likeness (QED) is 0.594. The lowest BCUT2D eigenvalue weighted by Gasteiger charge is -2.03. The first-order valence-electron chi connectivity index (χ1n) is 4.96. The largest absolute Gasteiger partial charge is 0.396 e. The third-order valence-electron chi connectivity index (χ3n) is 1.65. The van der Waals surface area contributed by atoms with Crippen molar-refractivity contribution in [1.29, 1.82) is 0 Å². The number of hydrogen-bond donors (Lipinski definition) is 1. The molecule has 0 rings (SSSR count). The van der Waals surface area contributed by atoms with Crippen molar-refractivity contribution >= 4 is 11.8 Å². The molecule has 1 N–H and O–H groups in total. The number of unbranched alkanes of at least 4 members (excludes halogenated alkanes) is 3. The fraction of sp³-hybridized carbons (Fsp3) is 1.00. The van der Waals surface area contributed by atoms with Gasteiger partial charge in [-0.3, -0.25) is 0 Å². The van der Waals surface area contributed by atoms with Crippen LogP contribution in [0.25, 0.3) is 0 Å². The van der Waals surface area contributed by atoms with Crippen LogP contribution >= 0.6 is 11.8 Å². The Bertz CT molecular complexity index is 83.9. The van der Waals surface area contributed by atoms with E-state index in [1.807, 2.05) is 0 Å². The summed E-state index contributed by atoms with van der Waals surface area (Å²) in [6.45, 7) is 4.89. The van der Waals surface area contributed by atoms with Crippen LogP contribution in [-0.4, -0.2) is 23.2 Å². The lowest BCUT2D eigenvalue weighted by atomic mass is 10.2. The van der Waals surface area contributed by atoms with E-state index in [-0.39, 0.29) is 0 Å². The van der Waals surface area contributed by atoms with Gasteiger partial charge in [-0.05, 0) is 30.3 Å². The molecule has 0 spiro atoms. The monoisotopic (exact) mass is 190 g/mol. The Morgan fingerprint density at radius 3 is 2.33 bits per heavy atom. The summed E-state index contributed by atoms with van der Waals surface area (Å²) in [5.41, 5.74) is 0. The molecule has 0 fully saturated rings. The van der Waals surface area contributed by atoms with Crippen molar-refractivity contribution in [2.45, 2.75) is 39.5 Å². The van der Waals surface area contributed by atoms with Crippen molar-refractivity contribution in [2.24, 2.45) is 5.92 Å². The fourth-order valence-electron chi connectivity index (χ4n) is 0.989. The lowest BCUT2D eigenvalue weighted by molar-refractivity contribution is 0.283. The SMILES string of the molecule is CC(C)CSCCCCCCO. The molecule has 0 aromatic rings. The van der Waals surface area contributed by atoms with E-state index in [2.05, 4.69) is 25.6 Å². The van der Waals surface area contributed by atoms with Gasteiger partial charge in [0.25, 0.3) is 0 Å². The Kier molecular flexibility index (Phi) is 9.64. The average molecular weight is 190 g/mol. The van der Waals surface area contributed by atoms with Gasteiger partial charge >= 0.3 is 0 Å². The molecule has 2 heteroatoms. The molecule has 0 aliphatic carbocycles. The van der Waals surface area contributed by atoms with Crippen LogP contribution in [0.1, 0.15) is 39.5 Å². The molecule has 0 saturated carbocycles. The highest BCUT2D eigenvalue weighted by atomic mass is 32.2. The molecule has 0 aromatic heterocycles. The van der Waals surface area contributed by atoms with Gasteiger partial charge in [0.2, 0.25) is 0 Å². The van der Waals surface area contributed by atoms with E-state index in [0.29, 0.717) is 6.61 Å². The van der Waals surface area contributed by atoms with E-state index in [0.717, 1.165) is 12.3 Å². The summed E-state index contributed by atoms with van der Waals surface area (Å²) in [6.07, 6.45) is 4.77. The molecule has 12 heavy (non-hydrogen) atoms. The Labute approximate surface area is 80.9 Å². The first-order valence-corrected chi connectivity index (χ1v) is 6.11. The highest BCUT2D eigenvalue weighted by molar-refractivity contribution is 7.99.